The number of methoxy groups -OCH3 is 1. The van der Waals surface area contributed by atoms with Gasteiger partial charge in [0.15, 0.2) is 5.96 Å². The van der Waals surface area contributed by atoms with Crippen LogP contribution in [-0.2, 0) is 6.42 Å². The molecule has 6 nitrogen and oxygen atoms in total. The first-order valence-corrected chi connectivity index (χ1v) is 9.46. The van der Waals surface area contributed by atoms with E-state index in [-0.39, 0.29) is 0 Å². The number of guanidine groups is 1. The summed E-state index contributed by atoms with van der Waals surface area (Å²) in [7, 11) is 3.57. The van der Waals surface area contributed by atoms with E-state index in [9.17, 15) is 0 Å². The maximum atomic E-state index is 5.41. The molecule has 3 rings (SSSR count). The average Bonchev–Trinajstić information content (AvgIpc) is 2.73. The number of aryl methyl sites for hydroxylation is 1. The molecule has 0 amide bonds. The van der Waals surface area contributed by atoms with E-state index in [4.69, 9.17) is 4.74 Å². The zero-order chi connectivity index (χ0) is 19.1. The molecular formula is C21H29N5O. The van der Waals surface area contributed by atoms with E-state index < -0.39 is 0 Å². The molecule has 0 bridgehead atoms. The Balaban J connectivity index is 1.49. The van der Waals surface area contributed by atoms with Crippen LogP contribution < -0.4 is 15.0 Å². The molecule has 6 heteroatoms. The first-order chi connectivity index (χ1) is 13.2. The van der Waals surface area contributed by atoms with Crippen molar-refractivity contribution < 1.29 is 4.74 Å². The van der Waals surface area contributed by atoms with E-state index in [1.165, 1.54) is 5.56 Å². The number of aliphatic imine (C=N–C) groups is 1. The summed E-state index contributed by atoms with van der Waals surface area (Å²) in [6.45, 7) is 6.69. The van der Waals surface area contributed by atoms with Gasteiger partial charge in [-0.25, -0.2) is 4.98 Å². The first kappa shape index (κ1) is 19.0. The smallest absolute Gasteiger partial charge is 0.193 e. The first-order valence-electron chi connectivity index (χ1n) is 9.46. The van der Waals surface area contributed by atoms with E-state index in [1.54, 1.807) is 7.11 Å². The van der Waals surface area contributed by atoms with Crippen molar-refractivity contribution in [3.8, 4) is 5.75 Å². The summed E-state index contributed by atoms with van der Waals surface area (Å²) in [4.78, 5) is 13.5. The second kappa shape index (κ2) is 9.26. The van der Waals surface area contributed by atoms with Gasteiger partial charge >= 0.3 is 0 Å². The highest BCUT2D eigenvalue weighted by molar-refractivity contribution is 5.80. The van der Waals surface area contributed by atoms with Crippen molar-refractivity contribution in [1.82, 2.24) is 15.2 Å². The summed E-state index contributed by atoms with van der Waals surface area (Å²) in [5.74, 6) is 2.96. The lowest BCUT2D eigenvalue weighted by Gasteiger charge is -2.37. The van der Waals surface area contributed by atoms with Crippen molar-refractivity contribution in [3.05, 3.63) is 53.7 Å². The Morgan fingerprint density at radius 1 is 1.19 bits per heavy atom. The summed E-state index contributed by atoms with van der Waals surface area (Å²) in [6.07, 6.45) is 2.78. The minimum Gasteiger partial charge on any atom is -0.496 e. The SMILES string of the molecule is CN=C(NCCc1ccc(C)c(OC)c1)N1CCN(c2ccccn2)CC1. The fourth-order valence-corrected chi connectivity index (χ4v) is 3.36. The number of piperazine rings is 1. The van der Waals surface area contributed by atoms with E-state index >= 15 is 0 Å². The van der Waals surface area contributed by atoms with Crippen LogP contribution in [0.4, 0.5) is 5.82 Å². The summed E-state index contributed by atoms with van der Waals surface area (Å²) < 4.78 is 5.41. The van der Waals surface area contributed by atoms with Gasteiger partial charge in [-0.15, -0.1) is 0 Å². The summed E-state index contributed by atoms with van der Waals surface area (Å²) in [5.41, 5.74) is 2.43. The molecule has 0 spiro atoms. The molecule has 1 aromatic carbocycles. The third-order valence-electron chi connectivity index (χ3n) is 4.93. The van der Waals surface area contributed by atoms with Crippen LogP contribution in [0.5, 0.6) is 5.75 Å². The maximum Gasteiger partial charge on any atom is 0.193 e. The molecule has 2 heterocycles. The molecule has 2 aromatic rings. The standard InChI is InChI=1S/C21H29N5O/c1-17-7-8-18(16-19(17)27-3)9-11-24-21(22-2)26-14-12-25(13-15-26)20-6-4-5-10-23-20/h4-8,10,16H,9,11-15H2,1-3H3,(H,22,24). The summed E-state index contributed by atoms with van der Waals surface area (Å²) in [5, 5.41) is 3.50. The van der Waals surface area contributed by atoms with Crippen LogP contribution in [0.3, 0.4) is 0 Å². The average molecular weight is 367 g/mol. The quantitative estimate of drug-likeness (QED) is 0.649. The highest BCUT2D eigenvalue weighted by Gasteiger charge is 2.20. The van der Waals surface area contributed by atoms with Crippen LogP contribution in [0.25, 0.3) is 0 Å². The molecule has 144 valence electrons. The molecule has 0 aliphatic carbocycles. The Morgan fingerprint density at radius 2 is 2.00 bits per heavy atom. The topological polar surface area (TPSA) is 53.0 Å². The minimum atomic E-state index is 0.847. The third-order valence-corrected chi connectivity index (χ3v) is 4.93. The van der Waals surface area contributed by atoms with Gasteiger partial charge in [-0.2, -0.15) is 0 Å². The normalized spacial score (nSPS) is 15.0. The Kier molecular flexibility index (Phi) is 6.52. The molecule has 1 aliphatic rings. The van der Waals surface area contributed by atoms with Gasteiger partial charge in [-0.1, -0.05) is 18.2 Å². The lowest BCUT2D eigenvalue weighted by Crippen LogP contribution is -2.53. The number of rotatable bonds is 5. The van der Waals surface area contributed by atoms with Gasteiger partial charge < -0.3 is 19.9 Å². The van der Waals surface area contributed by atoms with E-state index in [2.05, 4.69) is 56.3 Å². The molecule has 0 unspecified atom stereocenters. The number of hydrogen-bond acceptors (Lipinski definition) is 4. The van der Waals surface area contributed by atoms with Crippen LogP contribution in [0.2, 0.25) is 0 Å². The van der Waals surface area contributed by atoms with Gasteiger partial charge in [0.05, 0.1) is 7.11 Å². The number of nitrogens with one attached hydrogen (secondary N) is 1. The van der Waals surface area contributed by atoms with Crippen LogP contribution in [0, 0.1) is 6.92 Å². The lowest BCUT2D eigenvalue weighted by molar-refractivity contribution is 0.372. The van der Waals surface area contributed by atoms with E-state index in [0.29, 0.717) is 0 Å². The van der Waals surface area contributed by atoms with Crippen LogP contribution in [0.1, 0.15) is 11.1 Å². The summed E-state index contributed by atoms with van der Waals surface area (Å²) >= 11 is 0. The zero-order valence-corrected chi connectivity index (χ0v) is 16.5. The number of nitrogens with zero attached hydrogens (tertiary/aromatic N) is 4. The van der Waals surface area contributed by atoms with Crippen molar-refractivity contribution in [1.29, 1.82) is 0 Å². The predicted octanol–water partition coefficient (Wildman–Crippen LogP) is 2.34. The molecule has 1 N–H and O–H groups in total. The van der Waals surface area contributed by atoms with Gasteiger partial charge in [0.25, 0.3) is 0 Å². The van der Waals surface area contributed by atoms with Crippen LogP contribution in [0.15, 0.2) is 47.6 Å². The molecule has 1 aliphatic heterocycles. The Labute approximate surface area is 161 Å². The molecule has 1 saturated heterocycles. The second-order valence-corrected chi connectivity index (χ2v) is 6.69. The van der Waals surface area contributed by atoms with Gasteiger partial charge in [-0.05, 0) is 42.7 Å². The van der Waals surface area contributed by atoms with Crippen LogP contribution >= 0.6 is 0 Å². The Hall–Kier alpha value is -2.76. The highest BCUT2D eigenvalue weighted by Crippen LogP contribution is 2.19. The minimum absolute atomic E-state index is 0.847. The van der Waals surface area contributed by atoms with Gasteiger partial charge in [-0.3, -0.25) is 4.99 Å². The number of hydrogen-bond donors (Lipinski definition) is 1. The number of pyridine rings is 1. The Morgan fingerprint density at radius 3 is 2.67 bits per heavy atom. The summed E-state index contributed by atoms with van der Waals surface area (Å²) in [6, 6.07) is 12.4. The van der Waals surface area contributed by atoms with E-state index in [1.807, 2.05) is 25.4 Å². The maximum absolute atomic E-state index is 5.41. The number of ether oxygens (including phenoxy) is 1. The largest absolute Gasteiger partial charge is 0.496 e. The molecule has 0 atom stereocenters. The van der Waals surface area contributed by atoms with Crippen molar-refractivity contribution in [2.24, 2.45) is 4.99 Å². The van der Waals surface area contributed by atoms with Crippen molar-refractivity contribution in [2.75, 3.05) is 51.8 Å². The van der Waals surface area contributed by atoms with Gasteiger partial charge in [0.2, 0.25) is 0 Å². The number of anilines is 1. The third kappa shape index (κ3) is 4.90. The Bertz CT molecular complexity index is 754. The lowest BCUT2D eigenvalue weighted by atomic mass is 10.1. The number of benzene rings is 1. The second-order valence-electron chi connectivity index (χ2n) is 6.69. The molecule has 0 saturated carbocycles. The van der Waals surface area contributed by atoms with E-state index in [0.717, 1.165) is 62.2 Å². The highest BCUT2D eigenvalue weighted by atomic mass is 16.5. The van der Waals surface area contributed by atoms with Gasteiger partial charge in [0, 0.05) is 46.0 Å². The molecule has 27 heavy (non-hydrogen) atoms. The number of aromatic nitrogens is 1. The molecular weight excluding hydrogens is 338 g/mol. The molecule has 1 fully saturated rings. The monoisotopic (exact) mass is 367 g/mol. The molecule has 0 radical (unpaired) electrons. The molecule has 1 aromatic heterocycles. The predicted molar refractivity (Wildman–Crippen MR) is 111 cm³/mol. The zero-order valence-electron chi connectivity index (χ0n) is 16.5. The fourth-order valence-electron chi connectivity index (χ4n) is 3.36. The van der Waals surface area contributed by atoms with Crippen molar-refractivity contribution in [3.63, 3.8) is 0 Å². The fraction of sp³-hybridized carbons (Fsp3) is 0.429. The van der Waals surface area contributed by atoms with Crippen molar-refractivity contribution >= 4 is 11.8 Å². The van der Waals surface area contributed by atoms with Crippen LogP contribution in [-0.4, -0.2) is 62.7 Å². The van der Waals surface area contributed by atoms with Crippen molar-refractivity contribution in [2.45, 2.75) is 13.3 Å². The van der Waals surface area contributed by atoms with Gasteiger partial charge in [0.1, 0.15) is 11.6 Å².